The van der Waals surface area contributed by atoms with E-state index < -0.39 is 12.1 Å². The van der Waals surface area contributed by atoms with Gasteiger partial charge in [0.1, 0.15) is 5.75 Å². The monoisotopic (exact) mass is 365 g/mol. The van der Waals surface area contributed by atoms with Gasteiger partial charge in [-0.05, 0) is 75.7 Å². The fourth-order valence-electron chi connectivity index (χ4n) is 2.99. The summed E-state index contributed by atoms with van der Waals surface area (Å²) in [5.74, 6) is -0.0627. The molecule has 0 saturated heterocycles. The van der Waals surface area contributed by atoms with Crippen molar-refractivity contribution in [3.05, 3.63) is 64.8 Å². The summed E-state index contributed by atoms with van der Waals surface area (Å²) >= 11 is 0. The molecule has 0 spiro atoms. The largest absolute Gasteiger partial charge is 0.494 e. The smallest absolute Gasteiger partial charge is 0.338 e. The molecule has 1 atom stereocenters. The van der Waals surface area contributed by atoms with Gasteiger partial charge in [0.25, 0.3) is 0 Å². The normalized spacial score (nSPS) is 12.0. The van der Waals surface area contributed by atoms with Crippen molar-refractivity contribution in [1.29, 1.82) is 0 Å². The lowest BCUT2D eigenvalue weighted by Gasteiger charge is -2.13. The molecule has 140 valence electrons. The van der Waals surface area contributed by atoms with Crippen molar-refractivity contribution in [2.45, 2.75) is 33.8 Å². The Morgan fingerprint density at radius 3 is 2.37 bits per heavy atom. The number of aryl methyl sites for hydroxylation is 2. The molecule has 0 bridgehead atoms. The van der Waals surface area contributed by atoms with Crippen LogP contribution in [0.15, 0.2) is 42.5 Å². The summed E-state index contributed by atoms with van der Waals surface area (Å²) in [5.41, 5.74) is 4.04. The number of Topliss-reactive ketones (excluding diaryl/α,β-unsaturated/α-hetero) is 1. The van der Waals surface area contributed by atoms with E-state index in [0.717, 1.165) is 22.2 Å². The Bertz CT molecular complexity index is 985. The van der Waals surface area contributed by atoms with Crippen molar-refractivity contribution >= 4 is 22.7 Å². The number of H-pyrrole nitrogens is 1. The second-order valence-electron chi connectivity index (χ2n) is 6.50. The van der Waals surface area contributed by atoms with Crippen molar-refractivity contribution < 1.29 is 19.1 Å². The highest BCUT2D eigenvalue weighted by molar-refractivity contribution is 6.02. The average molecular weight is 365 g/mol. The minimum absolute atomic E-state index is 0.249. The highest BCUT2D eigenvalue weighted by Crippen LogP contribution is 2.23. The molecule has 0 radical (unpaired) electrons. The zero-order chi connectivity index (χ0) is 19.6. The highest BCUT2D eigenvalue weighted by atomic mass is 16.5. The van der Waals surface area contributed by atoms with E-state index in [-0.39, 0.29) is 5.78 Å². The molecular formula is C22H23NO4. The number of esters is 1. The molecule has 1 aromatic heterocycles. The molecule has 3 aromatic rings. The topological polar surface area (TPSA) is 68.4 Å². The molecule has 0 aliphatic rings. The van der Waals surface area contributed by atoms with E-state index in [1.807, 2.05) is 26.8 Å². The Kier molecular flexibility index (Phi) is 5.31. The number of carbonyl (C=O) groups is 2. The molecule has 1 unspecified atom stereocenters. The zero-order valence-electron chi connectivity index (χ0n) is 16.0. The third-order valence-corrected chi connectivity index (χ3v) is 4.65. The summed E-state index contributed by atoms with van der Waals surface area (Å²) in [6.45, 7) is 8.03. The minimum Gasteiger partial charge on any atom is -0.494 e. The molecule has 0 saturated carbocycles. The van der Waals surface area contributed by atoms with Gasteiger partial charge in [-0.2, -0.15) is 0 Å². The summed E-state index contributed by atoms with van der Waals surface area (Å²) < 4.78 is 10.8. The van der Waals surface area contributed by atoms with Crippen molar-refractivity contribution in [3.8, 4) is 5.75 Å². The van der Waals surface area contributed by atoms with Gasteiger partial charge in [-0.15, -0.1) is 0 Å². The van der Waals surface area contributed by atoms with Gasteiger partial charge in [-0.25, -0.2) is 4.79 Å². The van der Waals surface area contributed by atoms with Crippen LogP contribution in [0.2, 0.25) is 0 Å². The Morgan fingerprint density at radius 2 is 1.70 bits per heavy atom. The van der Waals surface area contributed by atoms with Crippen LogP contribution in [0, 0.1) is 13.8 Å². The molecule has 3 rings (SSSR count). The number of hydrogen-bond donors (Lipinski definition) is 1. The highest BCUT2D eigenvalue weighted by Gasteiger charge is 2.21. The Labute approximate surface area is 158 Å². The van der Waals surface area contributed by atoms with E-state index in [1.165, 1.54) is 0 Å². The fraction of sp³-hybridized carbons (Fsp3) is 0.273. The van der Waals surface area contributed by atoms with Crippen molar-refractivity contribution in [2.75, 3.05) is 6.61 Å². The number of aromatic nitrogens is 1. The maximum atomic E-state index is 12.5. The molecule has 1 heterocycles. The first kappa shape index (κ1) is 18.7. The van der Waals surface area contributed by atoms with Crippen LogP contribution in [0.4, 0.5) is 0 Å². The molecule has 0 aliphatic carbocycles. The zero-order valence-corrected chi connectivity index (χ0v) is 16.0. The van der Waals surface area contributed by atoms with Crippen molar-refractivity contribution in [3.63, 3.8) is 0 Å². The van der Waals surface area contributed by atoms with Crippen LogP contribution < -0.4 is 4.74 Å². The van der Waals surface area contributed by atoms with E-state index in [9.17, 15) is 9.59 Å². The van der Waals surface area contributed by atoms with Gasteiger partial charge in [-0.1, -0.05) is 0 Å². The second-order valence-corrected chi connectivity index (χ2v) is 6.50. The van der Waals surface area contributed by atoms with Gasteiger partial charge < -0.3 is 14.5 Å². The molecule has 0 amide bonds. The Hall–Kier alpha value is -3.08. The molecule has 5 nitrogen and oxygen atoms in total. The number of nitrogens with one attached hydrogen (secondary N) is 1. The van der Waals surface area contributed by atoms with Gasteiger partial charge in [0, 0.05) is 22.2 Å². The number of carbonyl (C=O) groups excluding carboxylic acids is 2. The first-order valence-electron chi connectivity index (χ1n) is 8.97. The van der Waals surface area contributed by atoms with E-state index >= 15 is 0 Å². The number of hydrogen-bond acceptors (Lipinski definition) is 4. The van der Waals surface area contributed by atoms with E-state index in [0.29, 0.717) is 23.5 Å². The van der Waals surface area contributed by atoms with Gasteiger partial charge in [0.15, 0.2) is 6.10 Å². The lowest BCUT2D eigenvalue weighted by molar-refractivity contribution is 0.0319. The van der Waals surface area contributed by atoms with Crippen LogP contribution in [0.5, 0.6) is 5.75 Å². The predicted octanol–water partition coefficient (Wildman–Crippen LogP) is 4.61. The van der Waals surface area contributed by atoms with Crippen LogP contribution in [-0.4, -0.2) is 29.4 Å². The SMILES string of the molecule is CCOc1ccc(C(=O)C(C)OC(=O)c2ccc3[nH]c(C)c(C)c3c2)cc1. The van der Waals surface area contributed by atoms with Gasteiger partial charge in [0.05, 0.1) is 12.2 Å². The maximum absolute atomic E-state index is 12.5. The summed E-state index contributed by atoms with van der Waals surface area (Å²) in [5, 5.41) is 0.979. The van der Waals surface area contributed by atoms with Crippen molar-refractivity contribution in [1.82, 2.24) is 4.98 Å². The summed E-state index contributed by atoms with van der Waals surface area (Å²) in [4.78, 5) is 28.3. The van der Waals surface area contributed by atoms with E-state index in [1.54, 1.807) is 43.3 Å². The number of fused-ring (bicyclic) bond motifs is 1. The third kappa shape index (κ3) is 3.87. The van der Waals surface area contributed by atoms with Crippen LogP contribution >= 0.6 is 0 Å². The van der Waals surface area contributed by atoms with Crippen LogP contribution in [0.3, 0.4) is 0 Å². The molecule has 1 N–H and O–H groups in total. The number of benzene rings is 2. The van der Waals surface area contributed by atoms with Crippen LogP contribution in [0.1, 0.15) is 45.8 Å². The molecule has 27 heavy (non-hydrogen) atoms. The van der Waals surface area contributed by atoms with Crippen molar-refractivity contribution in [2.24, 2.45) is 0 Å². The molecular weight excluding hydrogens is 342 g/mol. The van der Waals surface area contributed by atoms with Crippen LogP contribution in [-0.2, 0) is 4.74 Å². The molecule has 2 aromatic carbocycles. The number of rotatable bonds is 6. The summed E-state index contributed by atoms with van der Waals surface area (Å²) in [7, 11) is 0. The summed E-state index contributed by atoms with van der Waals surface area (Å²) in [6, 6.07) is 12.2. The first-order valence-corrected chi connectivity index (χ1v) is 8.97. The lowest BCUT2D eigenvalue weighted by atomic mass is 10.1. The Morgan fingerprint density at radius 1 is 1.04 bits per heavy atom. The first-order chi connectivity index (χ1) is 12.9. The fourth-order valence-corrected chi connectivity index (χ4v) is 2.99. The lowest BCUT2D eigenvalue weighted by Crippen LogP contribution is -2.24. The summed E-state index contributed by atoms with van der Waals surface area (Å²) in [6.07, 6.45) is -0.875. The van der Waals surface area contributed by atoms with Crippen LogP contribution in [0.25, 0.3) is 10.9 Å². The maximum Gasteiger partial charge on any atom is 0.338 e. The van der Waals surface area contributed by atoms with Gasteiger partial charge >= 0.3 is 5.97 Å². The Balaban J connectivity index is 1.72. The second kappa shape index (κ2) is 7.66. The predicted molar refractivity (Wildman–Crippen MR) is 105 cm³/mol. The molecule has 5 heteroatoms. The van der Waals surface area contributed by atoms with E-state index in [2.05, 4.69) is 4.98 Å². The van der Waals surface area contributed by atoms with Gasteiger partial charge in [-0.3, -0.25) is 4.79 Å². The number of ketones is 1. The number of aromatic amines is 1. The third-order valence-electron chi connectivity index (χ3n) is 4.65. The molecule has 0 fully saturated rings. The van der Waals surface area contributed by atoms with E-state index in [4.69, 9.17) is 9.47 Å². The minimum atomic E-state index is -0.875. The quantitative estimate of drug-likeness (QED) is 0.511. The standard InChI is InChI=1S/C22H23NO4/c1-5-26-18-9-6-16(7-10-18)21(24)15(4)27-22(25)17-8-11-20-19(12-17)13(2)14(3)23-20/h6-12,15,23H,5H2,1-4H3. The van der Waals surface area contributed by atoms with Gasteiger partial charge in [0.2, 0.25) is 5.78 Å². The molecule has 0 aliphatic heterocycles. The number of ether oxygens (including phenoxy) is 2. The average Bonchev–Trinajstić information content (AvgIpc) is 2.95.